The van der Waals surface area contributed by atoms with Crippen LogP contribution in [0.3, 0.4) is 0 Å². The molecule has 2 fully saturated rings. The predicted molar refractivity (Wildman–Crippen MR) is 165 cm³/mol. The Morgan fingerprint density at radius 1 is 0.932 bits per heavy atom. The van der Waals surface area contributed by atoms with Gasteiger partial charge in [0.05, 0.1) is 31.0 Å². The van der Waals surface area contributed by atoms with Gasteiger partial charge in [0, 0.05) is 37.8 Å². The molecule has 1 amide bonds. The Labute approximate surface area is 255 Å². The van der Waals surface area contributed by atoms with Crippen molar-refractivity contribution in [2.24, 2.45) is 11.8 Å². The number of ether oxygens (including phenoxy) is 3. The molecule has 1 saturated carbocycles. The van der Waals surface area contributed by atoms with Gasteiger partial charge in [0.15, 0.2) is 5.82 Å². The highest BCUT2D eigenvalue weighted by Gasteiger charge is 2.31. The van der Waals surface area contributed by atoms with E-state index in [1.54, 1.807) is 24.1 Å². The quantitative estimate of drug-likeness (QED) is 0.196. The van der Waals surface area contributed by atoms with Crippen LogP contribution in [0.15, 0.2) is 66.9 Å². The van der Waals surface area contributed by atoms with E-state index in [0.717, 1.165) is 46.6 Å². The summed E-state index contributed by atoms with van der Waals surface area (Å²) < 4.78 is 21.0. The van der Waals surface area contributed by atoms with Gasteiger partial charge in [-0.05, 0) is 67.0 Å². The molecule has 0 spiro atoms. The van der Waals surface area contributed by atoms with Crippen molar-refractivity contribution >= 4 is 34.1 Å². The summed E-state index contributed by atoms with van der Waals surface area (Å²) in [5.74, 6) is 1.66. The van der Waals surface area contributed by atoms with Crippen molar-refractivity contribution in [1.82, 2.24) is 24.0 Å². The average molecular weight is 594 g/mol. The van der Waals surface area contributed by atoms with Crippen LogP contribution in [0.4, 0.5) is 4.79 Å². The van der Waals surface area contributed by atoms with Crippen molar-refractivity contribution in [2.45, 2.75) is 39.0 Å². The number of amides is 1. The minimum absolute atomic E-state index is 0.166. The summed E-state index contributed by atoms with van der Waals surface area (Å²) in [4.78, 5) is 37.1. The van der Waals surface area contributed by atoms with Crippen LogP contribution < -0.4 is 4.74 Å². The van der Waals surface area contributed by atoms with Crippen LogP contribution in [0.1, 0.15) is 35.2 Å². The number of pyridine rings is 1. The maximum Gasteiger partial charge on any atom is 0.410 e. The van der Waals surface area contributed by atoms with Crippen molar-refractivity contribution in [3.05, 3.63) is 78.0 Å². The van der Waals surface area contributed by atoms with E-state index in [0.29, 0.717) is 42.4 Å². The monoisotopic (exact) mass is 593 g/mol. The summed E-state index contributed by atoms with van der Waals surface area (Å²) in [6.07, 6.45) is 4.76. The average Bonchev–Trinajstić information content (AvgIpc) is 3.46. The fourth-order valence-corrected chi connectivity index (χ4v) is 6.23. The molecular formula is C34H35N5O5. The smallest absolute Gasteiger partial charge is 0.410 e. The third-order valence-corrected chi connectivity index (χ3v) is 8.66. The molecule has 1 saturated heterocycles. The third-order valence-electron chi connectivity index (χ3n) is 8.66. The van der Waals surface area contributed by atoms with Gasteiger partial charge in [-0.15, -0.1) is 0 Å². The Bertz CT molecular complexity index is 1840. The Morgan fingerprint density at radius 3 is 2.52 bits per heavy atom. The summed E-state index contributed by atoms with van der Waals surface area (Å²) in [6.45, 7) is 2.92. The molecule has 7 rings (SSSR count). The topological polar surface area (TPSA) is 101 Å². The largest absolute Gasteiger partial charge is 0.494 e. The lowest BCUT2D eigenvalue weighted by Gasteiger charge is -2.19. The summed E-state index contributed by atoms with van der Waals surface area (Å²) in [6, 6.07) is 19.4. The van der Waals surface area contributed by atoms with Gasteiger partial charge in [-0.1, -0.05) is 30.3 Å². The molecule has 10 nitrogen and oxygen atoms in total. The number of esters is 1. The second kappa shape index (κ2) is 11.7. The number of aromatic nitrogens is 4. The van der Waals surface area contributed by atoms with E-state index in [1.807, 2.05) is 42.6 Å². The standard InChI is InChI=1S/C34H35N5O5/c1-42-29-17-26(33(40)43-2)15-27-30(29)39(20-24-12-14-37(18-24)34(41)44-21-23-7-4-3-5-8-23)32(36-27)28-16-25-9-6-13-35-31(25)38(28)19-22-10-11-22/h3-9,13,15-17,22,24H,10-12,14,18-21H2,1-2H3/t24-/m0/s1. The summed E-state index contributed by atoms with van der Waals surface area (Å²) in [5, 5.41) is 1.05. The van der Waals surface area contributed by atoms with Crippen LogP contribution in [0.25, 0.3) is 33.6 Å². The predicted octanol–water partition coefficient (Wildman–Crippen LogP) is 5.92. The van der Waals surface area contributed by atoms with Crippen molar-refractivity contribution in [2.75, 3.05) is 27.3 Å². The number of methoxy groups -OCH3 is 2. The lowest BCUT2D eigenvalue weighted by molar-refractivity contribution is 0.0600. The van der Waals surface area contributed by atoms with Gasteiger partial charge in [0.2, 0.25) is 0 Å². The fourth-order valence-electron chi connectivity index (χ4n) is 6.23. The Kier molecular flexibility index (Phi) is 7.41. The maximum absolute atomic E-state index is 13.0. The zero-order valence-corrected chi connectivity index (χ0v) is 24.9. The number of hydrogen-bond acceptors (Lipinski definition) is 7. The van der Waals surface area contributed by atoms with Crippen LogP contribution >= 0.6 is 0 Å². The zero-order chi connectivity index (χ0) is 30.2. The molecule has 1 atom stereocenters. The molecule has 0 unspecified atom stereocenters. The number of hydrogen-bond donors (Lipinski definition) is 0. The Hall–Kier alpha value is -4.86. The van der Waals surface area contributed by atoms with Gasteiger partial charge < -0.3 is 28.2 Å². The molecule has 0 radical (unpaired) electrons. The van der Waals surface area contributed by atoms with E-state index in [4.69, 9.17) is 24.2 Å². The van der Waals surface area contributed by atoms with Gasteiger partial charge in [-0.3, -0.25) is 0 Å². The van der Waals surface area contributed by atoms with Crippen LogP contribution in [0, 0.1) is 11.8 Å². The maximum atomic E-state index is 13.0. The number of nitrogens with zero attached hydrogens (tertiary/aromatic N) is 5. The molecular weight excluding hydrogens is 558 g/mol. The van der Waals surface area contributed by atoms with E-state index in [2.05, 4.69) is 21.3 Å². The molecule has 10 heteroatoms. The van der Waals surface area contributed by atoms with Gasteiger partial charge in [0.1, 0.15) is 23.5 Å². The second-order valence-electron chi connectivity index (χ2n) is 11.7. The van der Waals surface area contributed by atoms with Crippen LogP contribution in [0.2, 0.25) is 0 Å². The lowest BCUT2D eigenvalue weighted by Crippen LogP contribution is -2.29. The molecule has 2 aliphatic rings. The normalized spacial score (nSPS) is 16.5. The highest BCUT2D eigenvalue weighted by atomic mass is 16.6. The number of rotatable bonds is 9. The molecule has 4 heterocycles. The second-order valence-corrected chi connectivity index (χ2v) is 11.7. The minimum atomic E-state index is -0.450. The van der Waals surface area contributed by atoms with Crippen molar-refractivity contribution in [1.29, 1.82) is 0 Å². The fraction of sp³-hybridized carbons (Fsp3) is 0.353. The first-order valence-electron chi connectivity index (χ1n) is 15.1. The van der Waals surface area contributed by atoms with Crippen LogP contribution in [-0.2, 0) is 29.2 Å². The number of imidazole rings is 1. The molecule has 5 aromatic rings. The Balaban J connectivity index is 1.25. The van der Waals surface area contributed by atoms with E-state index in [9.17, 15) is 9.59 Å². The van der Waals surface area contributed by atoms with E-state index >= 15 is 0 Å². The minimum Gasteiger partial charge on any atom is -0.494 e. The van der Waals surface area contributed by atoms with Crippen LogP contribution in [-0.4, -0.2) is 63.4 Å². The van der Waals surface area contributed by atoms with Gasteiger partial charge in [0.25, 0.3) is 0 Å². The SMILES string of the molecule is COC(=O)c1cc(OC)c2c(c1)nc(-c1cc3cccnc3n1CC1CC1)n2C[C@H]1CCN(C(=O)OCc2ccccc2)C1. The molecule has 2 aromatic carbocycles. The molecule has 0 N–H and O–H groups in total. The molecule has 1 aliphatic carbocycles. The van der Waals surface area contributed by atoms with Gasteiger partial charge >= 0.3 is 12.1 Å². The van der Waals surface area contributed by atoms with Crippen LogP contribution in [0.5, 0.6) is 5.75 Å². The number of likely N-dealkylation sites (tertiary alicyclic amines) is 1. The van der Waals surface area contributed by atoms with Crippen molar-refractivity contribution < 1.29 is 23.8 Å². The molecule has 3 aromatic heterocycles. The first kappa shape index (κ1) is 27.9. The third kappa shape index (κ3) is 5.36. The first-order valence-corrected chi connectivity index (χ1v) is 15.1. The van der Waals surface area contributed by atoms with Gasteiger partial charge in [-0.25, -0.2) is 19.6 Å². The number of carbonyl (C=O) groups is 2. The van der Waals surface area contributed by atoms with Gasteiger partial charge in [-0.2, -0.15) is 0 Å². The van der Waals surface area contributed by atoms with E-state index < -0.39 is 5.97 Å². The number of fused-ring (bicyclic) bond motifs is 2. The van der Waals surface area contributed by atoms with E-state index in [1.165, 1.54) is 20.0 Å². The molecule has 0 bridgehead atoms. The first-order chi connectivity index (χ1) is 21.5. The summed E-state index contributed by atoms with van der Waals surface area (Å²) in [5.41, 5.74) is 4.69. The number of carbonyl (C=O) groups excluding carboxylic acids is 2. The molecule has 44 heavy (non-hydrogen) atoms. The Morgan fingerprint density at radius 2 is 1.75 bits per heavy atom. The summed E-state index contributed by atoms with van der Waals surface area (Å²) in [7, 11) is 2.96. The van der Waals surface area contributed by atoms with Crippen molar-refractivity contribution in [3.63, 3.8) is 0 Å². The highest BCUT2D eigenvalue weighted by Crippen LogP contribution is 2.38. The van der Waals surface area contributed by atoms with Crippen molar-refractivity contribution in [3.8, 4) is 17.3 Å². The molecule has 226 valence electrons. The molecule has 1 aliphatic heterocycles. The van der Waals surface area contributed by atoms with E-state index in [-0.39, 0.29) is 18.6 Å². The lowest BCUT2D eigenvalue weighted by atomic mass is 10.1. The zero-order valence-electron chi connectivity index (χ0n) is 24.9. The highest BCUT2D eigenvalue weighted by molar-refractivity contribution is 5.97. The number of benzene rings is 2. The summed E-state index contributed by atoms with van der Waals surface area (Å²) >= 11 is 0.